The summed E-state index contributed by atoms with van der Waals surface area (Å²) in [4.78, 5) is 43.8. The topological polar surface area (TPSA) is 246 Å². The minimum absolute atomic E-state index is 0.0467. The monoisotopic (exact) mass is 1070 g/mol. The molecule has 17 nitrogen and oxygen atoms in total. The minimum Gasteiger partial charge on any atom is -0.511 e. The smallest absolute Gasteiger partial charge is 0.346 e. The van der Waals surface area contributed by atoms with Crippen LogP contribution in [0.2, 0.25) is 0 Å². The van der Waals surface area contributed by atoms with Crippen LogP contribution in [-0.2, 0) is 52.3 Å². The number of carbonyl (C=O) groups excluding carboxylic acids is 3. The van der Waals surface area contributed by atoms with Crippen LogP contribution in [0.15, 0.2) is 46.3 Å². The van der Waals surface area contributed by atoms with Gasteiger partial charge in [-0.05, 0) is 84.5 Å². The third-order valence-electron chi connectivity index (χ3n) is 19.7. The number of hydrogen-bond acceptors (Lipinski definition) is 17. The van der Waals surface area contributed by atoms with Crippen molar-refractivity contribution in [2.24, 2.45) is 58.2 Å². The lowest BCUT2D eigenvalue weighted by Gasteiger charge is -2.55. The van der Waals surface area contributed by atoms with Gasteiger partial charge in [-0.15, -0.1) is 0 Å². The first kappa shape index (κ1) is 59.2. The molecule has 2 bridgehead atoms. The molecule has 0 radical (unpaired) electrons. The molecular weight excluding hydrogens is 981 g/mol. The van der Waals surface area contributed by atoms with E-state index in [1.807, 2.05) is 67.5 Å². The number of fused-ring (bicyclic) bond motifs is 4. The van der Waals surface area contributed by atoms with E-state index >= 15 is 4.79 Å². The zero-order valence-corrected chi connectivity index (χ0v) is 47.2. The summed E-state index contributed by atoms with van der Waals surface area (Å²) in [5.74, 6) is -5.33. The Bertz CT molecular complexity index is 2250. The Morgan fingerprint density at radius 2 is 1.30 bits per heavy atom. The predicted molar refractivity (Wildman–Crippen MR) is 278 cm³/mol. The van der Waals surface area contributed by atoms with Gasteiger partial charge in [-0.3, -0.25) is 9.59 Å². The molecule has 0 aromatic heterocycles. The van der Waals surface area contributed by atoms with E-state index < -0.39 is 155 Å². The molecule has 5 fully saturated rings. The van der Waals surface area contributed by atoms with E-state index in [-0.39, 0.29) is 62.2 Å². The van der Waals surface area contributed by atoms with Crippen molar-refractivity contribution in [2.75, 3.05) is 13.7 Å². The number of hydrogen-bond donors (Lipinski definition) is 6. The van der Waals surface area contributed by atoms with Gasteiger partial charge in [0.2, 0.25) is 5.78 Å². The quantitative estimate of drug-likeness (QED) is 0.0863. The van der Waals surface area contributed by atoms with E-state index in [1.165, 1.54) is 0 Å². The Kier molecular flexibility index (Phi) is 17.9. The molecular formula is C59H90O17. The van der Waals surface area contributed by atoms with Crippen molar-refractivity contribution >= 4 is 17.5 Å². The average molecular weight is 1070 g/mol. The number of aliphatic hydroxyl groups is 6. The van der Waals surface area contributed by atoms with Crippen molar-refractivity contribution in [3.05, 3.63) is 46.3 Å². The van der Waals surface area contributed by atoms with Crippen LogP contribution in [0, 0.1) is 58.2 Å². The second-order valence-corrected chi connectivity index (χ2v) is 25.1. The van der Waals surface area contributed by atoms with Gasteiger partial charge in [-0.2, -0.15) is 0 Å². The maximum Gasteiger partial charge on any atom is 0.346 e. The van der Waals surface area contributed by atoms with Gasteiger partial charge >= 0.3 is 5.97 Å². The summed E-state index contributed by atoms with van der Waals surface area (Å²) in [6, 6.07) is 0. The average Bonchev–Trinajstić information content (AvgIpc) is 3.66. The number of aliphatic hydroxyl groups excluding tert-OH is 6. The van der Waals surface area contributed by atoms with E-state index in [0.717, 1.165) is 16.7 Å². The van der Waals surface area contributed by atoms with Gasteiger partial charge in [0.1, 0.15) is 35.4 Å². The van der Waals surface area contributed by atoms with Crippen LogP contribution in [0.3, 0.4) is 0 Å². The number of esters is 1. The molecule has 4 saturated heterocycles. The fourth-order valence-electron chi connectivity index (χ4n) is 15.5. The lowest BCUT2D eigenvalue weighted by molar-refractivity contribution is -0.338. The highest BCUT2D eigenvalue weighted by Gasteiger charge is 2.67. The molecule has 17 heteroatoms. The van der Waals surface area contributed by atoms with Crippen molar-refractivity contribution in [2.45, 2.75) is 232 Å². The van der Waals surface area contributed by atoms with Crippen molar-refractivity contribution < 1.29 is 82.9 Å². The van der Waals surface area contributed by atoms with Crippen molar-refractivity contribution in [3.63, 3.8) is 0 Å². The Hall–Kier alpha value is -2.91. The van der Waals surface area contributed by atoms with Crippen LogP contribution in [0.1, 0.15) is 141 Å². The molecule has 6 N–H and O–H groups in total. The van der Waals surface area contributed by atoms with Crippen LogP contribution in [0.4, 0.5) is 0 Å². The Morgan fingerprint density at radius 3 is 1.93 bits per heavy atom. The minimum atomic E-state index is -1.61. The largest absolute Gasteiger partial charge is 0.511 e. The highest BCUT2D eigenvalue weighted by atomic mass is 16.7. The first-order valence-corrected chi connectivity index (χ1v) is 28.3. The summed E-state index contributed by atoms with van der Waals surface area (Å²) < 4.78 is 50.8. The standard InChI is InChI=1S/C59H90O17/c1-27-15-14-16-57(11)24-31(5)32(6)25-59(57)55(67)47(56(68)76-59)54(66)58(12)48(29(3)19-38-40(62)20-39(61)33(7)49(38)58)28(2)17-37(26-60)18-30(4)51(27)73-45-22-42(64)52(35(9)71-45)74-46-23-43(69-13)53(36(10)72-46)75-44-21-41(63)50(65)34(8)70-44/h17,19,24,27,30,32-38,40-46,48-53,60,62-66H,14-16,18,20-23,25-26H2,1-13H3/t27-,30-,32-,33+,34-,35-,36-,37+,38-,40+,41+,42+,43-,44+,45-,46-,48+,49-,50-,51-,52-,53-,57-,58+,59-/m1/s1. The van der Waals surface area contributed by atoms with E-state index in [9.17, 15) is 40.2 Å². The van der Waals surface area contributed by atoms with Gasteiger partial charge < -0.3 is 68.5 Å². The van der Waals surface area contributed by atoms with Crippen molar-refractivity contribution in [3.8, 4) is 0 Å². The summed E-state index contributed by atoms with van der Waals surface area (Å²) >= 11 is 0. The Morgan fingerprint density at radius 1 is 0.711 bits per heavy atom. The molecule has 0 aromatic rings. The molecule has 4 aliphatic carbocycles. The van der Waals surface area contributed by atoms with Gasteiger partial charge in [0, 0.05) is 80.3 Å². The van der Waals surface area contributed by atoms with Crippen molar-refractivity contribution in [1.82, 2.24) is 0 Å². The van der Waals surface area contributed by atoms with Crippen LogP contribution in [0.25, 0.3) is 0 Å². The fraction of sp³-hybridized carbons (Fsp3) is 0.814. The third kappa shape index (κ3) is 10.8. The Balaban J connectivity index is 1.07. The first-order chi connectivity index (χ1) is 35.7. The molecule has 4 aliphatic heterocycles. The summed E-state index contributed by atoms with van der Waals surface area (Å²) in [5.41, 5.74) is -1.75. The summed E-state index contributed by atoms with van der Waals surface area (Å²) in [7, 11) is 1.57. The molecule has 0 aromatic carbocycles. The number of ketones is 2. The predicted octanol–water partition coefficient (Wildman–Crippen LogP) is 6.50. The molecule has 76 heavy (non-hydrogen) atoms. The lowest BCUT2D eigenvalue weighted by Crippen LogP contribution is -2.56. The second kappa shape index (κ2) is 22.9. The summed E-state index contributed by atoms with van der Waals surface area (Å²) in [6.45, 7) is 22.8. The van der Waals surface area contributed by atoms with Gasteiger partial charge in [-0.1, -0.05) is 82.9 Å². The fourth-order valence-corrected chi connectivity index (χ4v) is 15.5. The number of allylic oxidation sites excluding steroid dienone is 4. The van der Waals surface area contributed by atoms with Gasteiger partial charge in [0.05, 0.1) is 48.8 Å². The molecule has 1 saturated carbocycles. The third-order valence-corrected chi connectivity index (χ3v) is 19.7. The molecule has 8 rings (SSSR count). The molecule has 0 amide bonds. The Labute approximate surface area is 449 Å². The van der Waals surface area contributed by atoms with Crippen LogP contribution < -0.4 is 0 Å². The number of rotatable bonds is 8. The number of ether oxygens (including phenoxy) is 8. The maximum atomic E-state index is 15.5. The molecule has 4 heterocycles. The van der Waals surface area contributed by atoms with E-state index in [0.29, 0.717) is 25.7 Å². The van der Waals surface area contributed by atoms with Gasteiger partial charge in [0.15, 0.2) is 24.5 Å². The zero-order chi connectivity index (χ0) is 55.7. The first-order valence-electron chi connectivity index (χ1n) is 28.3. The summed E-state index contributed by atoms with van der Waals surface area (Å²) in [5, 5.41) is 68.1. The number of Topliss-reactive ketones (excluding diaryl/α,β-unsaturated/α-hetero) is 2. The SMILES string of the molecule is CO[C@@H]1C[C@@H](O[C@H]2[C@@H](O)C[C@@H](O[C@@H]3[C@H](C)CCC[C@]4(C)C=C(C)[C@H](C)C[C@]45OC(=O)C(=C(O)[C@@]4(C)[C@@H](C(C)=C[C@H](CO)C[C@H]3C)C(C)=C[C@H]3[C@H]4[C@@H](C)C(=O)C[C@@H]3O)C5=O)O[C@@H]2C)O[C@H](C)[C@H]1O[C@H]1C[C@H](O)[C@H](O)[C@@H](C)O1. The normalized spacial score (nSPS) is 48.9. The highest BCUT2D eigenvalue weighted by Crippen LogP contribution is 2.62. The van der Waals surface area contributed by atoms with Gasteiger partial charge in [-0.25, -0.2) is 4.79 Å². The maximum absolute atomic E-state index is 15.5. The highest BCUT2D eigenvalue weighted by molar-refractivity contribution is 6.26. The molecule has 428 valence electrons. The van der Waals surface area contributed by atoms with Gasteiger partial charge in [0.25, 0.3) is 0 Å². The van der Waals surface area contributed by atoms with E-state index in [2.05, 4.69) is 19.9 Å². The lowest BCUT2D eigenvalue weighted by atomic mass is 9.48. The second-order valence-electron chi connectivity index (χ2n) is 25.1. The molecule has 1 spiro atoms. The van der Waals surface area contributed by atoms with E-state index in [4.69, 9.17) is 37.9 Å². The summed E-state index contributed by atoms with van der Waals surface area (Å²) in [6.07, 6.45) is -1.55. The number of carbonyl (C=O) groups is 3. The zero-order valence-electron chi connectivity index (χ0n) is 47.2. The molecule has 25 atom stereocenters. The number of methoxy groups -OCH3 is 1. The van der Waals surface area contributed by atoms with Crippen LogP contribution in [0.5, 0.6) is 0 Å². The van der Waals surface area contributed by atoms with Crippen LogP contribution >= 0.6 is 0 Å². The molecule has 8 aliphatic rings. The van der Waals surface area contributed by atoms with E-state index in [1.54, 1.807) is 21.0 Å². The molecule has 0 unspecified atom stereocenters. The van der Waals surface area contributed by atoms with Crippen LogP contribution in [-0.4, -0.2) is 154 Å². The van der Waals surface area contributed by atoms with Crippen molar-refractivity contribution in [1.29, 1.82) is 0 Å².